The van der Waals surface area contributed by atoms with Crippen molar-refractivity contribution < 1.29 is 0 Å². The van der Waals surface area contributed by atoms with Crippen LogP contribution < -0.4 is 0 Å². The first-order chi connectivity index (χ1) is 4.41. The van der Waals surface area contributed by atoms with Gasteiger partial charge in [0.15, 0.2) is 0 Å². The van der Waals surface area contributed by atoms with E-state index in [9.17, 15) is 0 Å². The molecule has 0 saturated carbocycles. The third kappa shape index (κ3) is 7.15. The molecular formula is C8H13N. The van der Waals surface area contributed by atoms with E-state index in [0.29, 0.717) is 0 Å². The Kier molecular flexibility index (Phi) is 6.47. The van der Waals surface area contributed by atoms with Crippen LogP contribution in [0.25, 0.3) is 0 Å². The third-order valence-electron chi connectivity index (χ3n) is 0.792. The molecule has 50 valence electrons. The molecule has 0 heterocycles. The molecule has 9 heavy (non-hydrogen) atoms. The first-order valence-corrected chi connectivity index (χ1v) is 3.21. The highest BCUT2D eigenvalue weighted by atomic mass is 14.6. The van der Waals surface area contributed by atoms with Crippen LogP contribution >= 0.6 is 0 Å². The van der Waals surface area contributed by atoms with Crippen molar-refractivity contribution in [1.82, 2.24) is 0 Å². The minimum Gasteiger partial charge on any atom is -0.265 e. The topological polar surface area (TPSA) is 12.4 Å². The van der Waals surface area contributed by atoms with Crippen molar-refractivity contribution in [2.75, 3.05) is 0 Å². The molecule has 0 aromatic rings. The molecule has 1 heteroatoms. The average Bonchev–Trinajstić information content (AvgIpc) is 1.89. The molecule has 0 saturated heterocycles. The number of aliphatic imine (C=N–C) groups is 1. The van der Waals surface area contributed by atoms with Crippen molar-refractivity contribution >= 4 is 6.21 Å². The predicted molar refractivity (Wildman–Crippen MR) is 42.7 cm³/mol. The van der Waals surface area contributed by atoms with Crippen molar-refractivity contribution in [3.05, 3.63) is 24.4 Å². The third-order valence-corrected chi connectivity index (χ3v) is 0.792. The molecule has 0 aliphatic carbocycles. The predicted octanol–water partition coefficient (Wildman–Crippen LogP) is 2.56. The Balaban J connectivity index is 3.35. The number of nitrogens with zero attached hydrogens (tertiary/aromatic N) is 1. The van der Waals surface area contributed by atoms with E-state index in [1.165, 1.54) is 0 Å². The summed E-state index contributed by atoms with van der Waals surface area (Å²) in [5.41, 5.74) is 0. The molecule has 0 rings (SSSR count). The van der Waals surface area contributed by atoms with Crippen LogP contribution in [-0.2, 0) is 0 Å². The van der Waals surface area contributed by atoms with Gasteiger partial charge in [0.05, 0.1) is 0 Å². The van der Waals surface area contributed by atoms with Gasteiger partial charge in [-0.1, -0.05) is 19.1 Å². The largest absolute Gasteiger partial charge is 0.265 e. The molecule has 0 atom stereocenters. The van der Waals surface area contributed by atoms with Crippen LogP contribution in [0.3, 0.4) is 0 Å². The fourth-order valence-electron chi connectivity index (χ4n) is 0.352. The lowest BCUT2D eigenvalue weighted by molar-refractivity contribution is 1.21. The van der Waals surface area contributed by atoms with E-state index >= 15 is 0 Å². The summed E-state index contributed by atoms with van der Waals surface area (Å²) in [6.45, 7) is 4.05. The van der Waals surface area contributed by atoms with Gasteiger partial charge in [0, 0.05) is 12.4 Å². The highest BCUT2D eigenvalue weighted by Crippen LogP contribution is 1.78. The normalized spacial score (nSPS) is 12.7. The van der Waals surface area contributed by atoms with E-state index in [-0.39, 0.29) is 0 Å². The highest BCUT2D eigenvalue weighted by molar-refractivity contribution is 5.71. The van der Waals surface area contributed by atoms with E-state index in [0.717, 1.165) is 6.42 Å². The number of hydrogen-bond acceptors (Lipinski definition) is 1. The monoisotopic (exact) mass is 123 g/mol. The van der Waals surface area contributed by atoms with Gasteiger partial charge in [-0.3, -0.25) is 4.99 Å². The standard InChI is InChI=1S/C8H13N/c1-3-5-7-9-8-6-4-2/h3,5-8H,4H2,1-2H3. The van der Waals surface area contributed by atoms with Crippen LogP contribution in [0.1, 0.15) is 20.3 Å². The highest BCUT2D eigenvalue weighted by Gasteiger charge is 1.60. The number of hydrogen-bond donors (Lipinski definition) is 0. The fourth-order valence-corrected chi connectivity index (χ4v) is 0.352. The van der Waals surface area contributed by atoms with E-state index in [2.05, 4.69) is 11.9 Å². The van der Waals surface area contributed by atoms with E-state index in [1.54, 1.807) is 12.4 Å². The second-order valence-corrected chi connectivity index (χ2v) is 1.62. The molecule has 0 aromatic heterocycles. The van der Waals surface area contributed by atoms with Gasteiger partial charge in [0.25, 0.3) is 0 Å². The smallest absolute Gasteiger partial charge is 0.0264 e. The molecule has 0 spiro atoms. The van der Waals surface area contributed by atoms with E-state index in [1.807, 2.05) is 25.2 Å². The van der Waals surface area contributed by atoms with Gasteiger partial charge in [0.2, 0.25) is 0 Å². The van der Waals surface area contributed by atoms with Crippen LogP contribution in [0, 0.1) is 0 Å². The average molecular weight is 123 g/mol. The Labute approximate surface area is 56.8 Å². The summed E-state index contributed by atoms with van der Waals surface area (Å²) in [5, 5.41) is 0. The summed E-state index contributed by atoms with van der Waals surface area (Å²) in [4.78, 5) is 3.96. The molecule has 0 aliphatic rings. The lowest BCUT2D eigenvalue weighted by atomic mass is 10.5. The summed E-state index contributed by atoms with van der Waals surface area (Å²) in [5.74, 6) is 0. The van der Waals surface area contributed by atoms with Crippen LogP contribution in [0.4, 0.5) is 0 Å². The van der Waals surface area contributed by atoms with Gasteiger partial charge in [-0.2, -0.15) is 0 Å². The summed E-state index contributed by atoms with van der Waals surface area (Å²) >= 11 is 0. The SMILES string of the molecule is CC=CC=NC=CCC. The van der Waals surface area contributed by atoms with Gasteiger partial charge in [-0.15, -0.1) is 0 Å². The van der Waals surface area contributed by atoms with Crippen molar-refractivity contribution in [3.8, 4) is 0 Å². The lowest BCUT2D eigenvalue weighted by Gasteiger charge is -1.73. The van der Waals surface area contributed by atoms with Crippen molar-refractivity contribution in [2.45, 2.75) is 20.3 Å². The molecule has 0 N–H and O–H groups in total. The maximum atomic E-state index is 3.96. The second kappa shape index (κ2) is 7.15. The van der Waals surface area contributed by atoms with Gasteiger partial charge in [-0.05, 0) is 19.4 Å². The van der Waals surface area contributed by atoms with Crippen LogP contribution in [0.15, 0.2) is 29.4 Å². The quantitative estimate of drug-likeness (QED) is 0.511. The van der Waals surface area contributed by atoms with Crippen molar-refractivity contribution in [3.63, 3.8) is 0 Å². The molecule has 0 unspecified atom stereocenters. The minimum atomic E-state index is 1.05. The molecule has 0 amide bonds. The zero-order valence-corrected chi connectivity index (χ0v) is 6.04. The van der Waals surface area contributed by atoms with Crippen LogP contribution in [-0.4, -0.2) is 6.21 Å². The maximum Gasteiger partial charge on any atom is 0.0264 e. The molecule has 1 nitrogen and oxygen atoms in total. The maximum absolute atomic E-state index is 3.96. The zero-order valence-electron chi connectivity index (χ0n) is 6.04. The van der Waals surface area contributed by atoms with Crippen molar-refractivity contribution in [1.29, 1.82) is 0 Å². The molecule has 0 bridgehead atoms. The van der Waals surface area contributed by atoms with Gasteiger partial charge in [0.1, 0.15) is 0 Å². The lowest BCUT2D eigenvalue weighted by Crippen LogP contribution is -1.59. The summed E-state index contributed by atoms with van der Waals surface area (Å²) in [6, 6.07) is 0. The van der Waals surface area contributed by atoms with Gasteiger partial charge >= 0.3 is 0 Å². The first kappa shape index (κ1) is 8.15. The Morgan fingerprint density at radius 1 is 1.44 bits per heavy atom. The van der Waals surface area contributed by atoms with E-state index < -0.39 is 0 Å². The van der Waals surface area contributed by atoms with Crippen molar-refractivity contribution in [2.24, 2.45) is 4.99 Å². The first-order valence-electron chi connectivity index (χ1n) is 3.21. The van der Waals surface area contributed by atoms with E-state index in [4.69, 9.17) is 0 Å². The molecular weight excluding hydrogens is 110 g/mol. The minimum absolute atomic E-state index is 1.05. The van der Waals surface area contributed by atoms with Crippen LogP contribution in [0.5, 0.6) is 0 Å². The van der Waals surface area contributed by atoms with Crippen LogP contribution in [0.2, 0.25) is 0 Å². The summed E-state index contributed by atoms with van der Waals surface area (Å²) in [6.07, 6.45) is 10.5. The zero-order chi connectivity index (χ0) is 6.95. The number of allylic oxidation sites excluding steroid dienone is 3. The molecule has 0 radical (unpaired) electrons. The number of rotatable bonds is 3. The summed E-state index contributed by atoms with van der Waals surface area (Å²) < 4.78 is 0. The fraction of sp³-hybridized carbons (Fsp3) is 0.375. The Morgan fingerprint density at radius 2 is 2.22 bits per heavy atom. The summed E-state index contributed by atoms with van der Waals surface area (Å²) in [7, 11) is 0. The van der Waals surface area contributed by atoms with Gasteiger partial charge in [-0.25, -0.2) is 0 Å². The Hall–Kier alpha value is -0.850. The molecule has 0 aromatic carbocycles. The molecule has 0 fully saturated rings. The second-order valence-electron chi connectivity index (χ2n) is 1.62. The molecule has 0 aliphatic heterocycles. The Morgan fingerprint density at radius 3 is 2.78 bits per heavy atom. The van der Waals surface area contributed by atoms with Gasteiger partial charge < -0.3 is 0 Å². The Bertz CT molecular complexity index is 121.